The van der Waals surface area contributed by atoms with Gasteiger partial charge in [-0.1, -0.05) is 12.1 Å². The summed E-state index contributed by atoms with van der Waals surface area (Å²) >= 11 is 3.19. The first-order valence-corrected chi connectivity index (χ1v) is 6.45. The fraction of sp³-hybridized carbons (Fsp3) is 0.538. The lowest BCUT2D eigenvalue weighted by Gasteiger charge is -2.23. The third-order valence-electron chi connectivity index (χ3n) is 2.36. The smallest absolute Gasteiger partial charge is 0.137 e. The van der Waals surface area contributed by atoms with Crippen molar-refractivity contribution < 1.29 is 9.50 Å². The molecule has 1 aromatic carbocycles. The zero-order chi connectivity index (χ0) is 13.1. The molecule has 1 atom stereocenters. The molecule has 2 nitrogen and oxygen atoms in total. The third kappa shape index (κ3) is 5.15. The lowest BCUT2D eigenvalue weighted by atomic mass is 10.1. The van der Waals surface area contributed by atoms with Crippen LogP contribution < -0.4 is 5.32 Å². The van der Waals surface area contributed by atoms with Crippen molar-refractivity contribution in [2.75, 3.05) is 6.54 Å². The van der Waals surface area contributed by atoms with Crippen LogP contribution in [0.5, 0.6) is 0 Å². The number of aliphatic hydroxyl groups is 1. The molecule has 0 fully saturated rings. The Labute approximate surface area is 110 Å². The molecule has 1 aromatic rings. The quantitative estimate of drug-likeness (QED) is 0.896. The Bertz CT molecular complexity index is 376. The number of β-amino-alcohol motifs (C(OH)–C–C–N with tert-alkyl or cyclic N) is 1. The summed E-state index contributed by atoms with van der Waals surface area (Å²) in [5.74, 6) is -0.293. The third-order valence-corrected chi connectivity index (χ3v) is 3.24. The van der Waals surface area contributed by atoms with Gasteiger partial charge in [-0.2, -0.15) is 0 Å². The first-order chi connectivity index (χ1) is 7.79. The molecule has 0 radical (unpaired) electrons. The molecule has 17 heavy (non-hydrogen) atoms. The minimum absolute atomic E-state index is 0.0276. The van der Waals surface area contributed by atoms with E-state index in [-0.39, 0.29) is 11.4 Å². The Balaban J connectivity index is 2.56. The van der Waals surface area contributed by atoms with Crippen LogP contribution in [-0.2, 0) is 6.42 Å². The number of hydrogen-bond acceptors (Lipinski definition) is 2. The van der Waals surface area contributed by atoms with E-state index in [2.05, 4.69) is 21.2 Å². The second-order valence-electron chi connectivity index (χ2n) is 5.20. The lowest BCUT2D eigenvalue weighted by Crippen LogP contribution is -2.41. The lowest BCUT2D eigenvalue weighted by molar-refractivity contribution is 0.160. The fourth-order valence-corrected chi connectivity index (χ4v) is 1.88. The molecule has 0 bridgehead atoms. The van der Waals surface area contributed by atoms with Gasteiger partial charge in [-0.3, -0.25) is 0 Å². The monoisotopic (exact) mass is 303 g/mol. The first-order valence-electron chi connectivity index (χ1n) is 5.65. The fourth-order valence-electron chi connectivity index (χ4n) is 1.46. The Hall–Kier alpha value is -0.450. The molecule has 4 heteroatoms. The summed E-state index contributed by atoms with van der Waals surface area (Å²) in [7, 11) is 0. The Morgan fingerprint density at radius 2 is 2.06 bits per heavy atom. The number of rotatable bonds is 4. The van der Waals surface area contributed by atoms with E-state index in [0.717, 1.165) is 5.56 Å². The van der Waals surface area contributed by atoms with Crippen LogP contribution in [0.3, 0.4) is 0 Å². The van der Waals surface area contributed by atoms with E-state index in [1.807, 2.05) is 26.8 Å². The molecular formula is C13H19BrFNO. The summed E-state index contributed by atoms with van der Waals surface area (Å²) in [4.78, 5) is 0. The summed E-state index contributed by atoms with van der Waals surface area (Å²) in [6.45, 7) is 6.61. The molecule has 96 valence electrons. The van der Waals surface area contributed by atoms with Crippen LogP contribution >= 0.6 is 15.9 Å². The highest BCUT2D eigenvalue weighted by molar-refractivity contribution is 9.10. The van der Waals surface area contributed by atoms with Crippen molar-refractivity contribution in [3.63, 3.8) is 0 Å². The number of benzene rings is 1. The molecule has 0 aliphatic rings. The van der Waals surface area contributed by atoms with Crippen LogP contribution in [-0.4, -0.2) is 23.3 Å². The molecule has 2 N–H and O–H groups in total. The van der Waals surface area contributed by atoms with E-state index >= 15 is 0 Å². The van der Waals surface area contributed by atoms with Gasteiger partial charge in [-0.15, -0.1) is 0 Å². The van der Waals surface area contributed by atoms with Gasteiger partial charge in [0.25, 0.3) is 0 Å². The van der Waals surface area contributed by atoms with E-state index in [4.69, 9.17) is 0 Å². The summed E-state index contributed by atoms with van der Waals surface area (Å²) < 4.78 is 13.7. The molecule has 0 amide bonds. The second kappa shape index (κ2) is 5.94. The predicted molar refractivity (Wildman–Crippen MR) is 71.6 cm³/mol. The van der Waals surface area contributed by atoms with Crippen molar-refractivity contribution >= 4 is 15.9 Å². The largest absolute Gasteiger partial charge is 0.391 e. The predicted octanol–water partition coefficient (Wildman–Crippen LogP) is 2.88. The summed E-state index contributed by atoms with van der Waals surface area (Å²) in [5, 5.41) is 13.1. The van der Waals surface area contributed by atoms with Gasteiger partial charge in [0.05, 0.1) is 10.6 Å². The SMILES string of the molecule is CC(C)(C)NCC(O)Cc1cccc(F)c1Br. The van der Waals surface area contributed by atoms with Gasteiger partial charge in [0.15, 0.2) is 0 Å². The minimum Gasteiger partial charge on any atom is -0.391 e. The van der Waals surface area contributed by atoms with Crippen LogP contribution in [0.4, 0.5) is 4.39 Å². The highest BCUT2D eigenvalue weighted by atomic mass is 79.9. The minimum atomic E-state index is -0.521. The van der Waals surface area contributed by atoms with Crippen LogP contribution in [0.2, 0.25) is 0 Å². The van der Waals surface area contributed by atoms with Crippen molar-refractivity contribution in [1.82, 2.24) is 5.32 Å². The molecule has 1 rings (SSSR count). The Morgan fingerprint density at radius 1 is 1.41 bits per heavy atom. The number of halogens is 2. The molecule has 0 saturated heterocycles. The zero-order valence-corrected chi connectivity index (χ0v) is 12.0. The number of hydrogen-bond donors (Lipinski definition) is 2. The topological polar surface area (TPSA) is 32.3 Å². The van der Waals surface area contributed by atoms with Crippen molar-refractivity contribution in [2.24, 2.45) is 0 Å². The van der Waals surface area contributed by atoms with Crippen LogP contribution in [0.25, 0.3) is 0 Å². The van der Waals surface area contributed by atoms with Gasteiger partial charge in [0.1, 0.15) is 5.82 Å². The van der Waals surface area contributed by atoms with Crippen molar-refractivity contribution in [1.29, 1.82) is 0 Å². The van der Waals surface area contributed by atoms with Crippen molar-refractivity contribution in [3.8, 4) is 0 Å². The van der Waals surface area contributed by atoms with Gasteiger partial charge in [0.2, 0.25) is 0 Å². The summed E-state index contributed by atoms with van der Waals surface area (Å²) in [6.07, 6.45) is -0.0890. The second-order valence-corrected chi connectivity index (χ2v) is 5.99. The van der Waals surface area contributed by atoms with E-state index in [9.17, 15) is 9.50 Å². The highest BCUT2D eigenvalue weighted by Gasteiger charge is 2.14. The van der Waals surface area contributed by atoms with E-state index in [1.54, 1.807) is 6.07 Å². The molecular weight excluding hydrogens is 285 g/mol. The first kappa shape index (κ1) is 14.6. The molecule has 0 aromatic heterocycles. The maximum Gasteiger partial charge on any atom is 0.137 e. The number of aliphatic hydroxyl groups excluding tert-OH is 1. The van der Waals surface area contributed by atoms with Gasteiger partial charge < -0.3 is 10.4 Å². The molecule has 0 heterocycles. The summed E-state index contributed by atoms with van der Waals surface area (Å²) in [5.41, 5.74) is 0.758. The average Bonchev–Trinajstić information content (AvgIpc) is 2.21. The van der Waals surface area contributed by atoms with Crippen LogP contribution in [0, 0.1) is 5.82 Å². The highest BCUT2D eigenvalue weighted by Crippen LogP contribution is 2.21. The Kier molecular flexibility index (Phi) is 5.10. The summed E-state index contributed by atoms with van der Waals surface area (Å²) in [6, 6.07) is 4.86. The molecule has 0 saturated carbocycles. The zero-order valence-electron chi connectivity index (χ0n) is 10.4. The normalized spacial score (nSPS) is 13.8. The number of nitrogens with one attached hydrogen (secondary N) is 1. The van der Waals surface area contributed by atoms with E-state index < -0.39 is 6.10 Å². The average molecular weight is 304 g/mol. The van der Waals surface area contributed by atoms with E-state index in [1.165, 1.54) is 6.07 Å². The molecule has 0 spiro atoms. The van der Waals surface area contributed by atoms with Crippen molar-refractivity contribution in [3.05, 3.63) is 34.1 Å². The van der Waals surface area contributed by atoms with E-state index in [0.29, 0.717) is 17.4 Å². The van der Waals surface area contributed by atoms with Crippen LogP contribution in [0.15, 0.2) is 22.7 Å². The molecule has 1 unspecified atom stereocenters. The van der Waals surface area contributed by atoms with Gasteiger partial charge >= 0.3 is 0 Å². The standard InChI is InChI=1S/C13H19BrFNO/c1-13(2,3)16-8-10(17)7-9-5-4-6-11(15)12(9)14/h4-6,10,16-17H,7-8H2,1-3H3. The van der Waals surface area contributed by atoms with Crippen molar-refractivity contribution in [2.45, 2.75) is 38.8 Å². The van der Waals surface area contributed by atoms with Crippen LogP contribution in [0.1, 0.15) is 26.3 Å². The Morgan fingerprint density at radius 3 is 2.65 bits per heavy atom. The van der Waals surface area contributed by atoms with Gasteiger partial charge in [0, 0.05) is 18.5 Å². The molecule has 0 aliphatic heterocycles. The maximum atomic E-state index is 13.3. The van der Waals surface area contributed by atoms with Gasteiger partial charge in [-0.25, -0.2) is 4.39 Å². The maximum absolute atomic E-state index is 13.3. The van der Waals surface area contributed by atoms with Gasteiger partial charge in [-0.05, 0) is 48.3 Å². The molecule has 0 aliphatic carbocycles.